The largest absolute Gasteiger partial charge is 0.350 e. The lowest BCUT2D eigenvalue weighted by atomic mass is 10.3. The summed E-state index contributed by atoms with van der Waals surface area (Å²) in [4.78, 5) is 12.7. The Balaban J connectivity index is 2.20. The molecule has 1 aromatic heterocycles. The van der Waals surface area contributed by atoms with Gasteiger partial charge in [-0.25, -0.2) is 0 Å². The second-order valence-corrected chi connectivity index (χ2v) is 7.09. The van der Waals surface area contributed by atoms with E-state index in [0.29, 0.717) is 12.3 Å². The summed E-state index contributed by atoms with van der Waals surface area (Å²) in [6.45, 7) is 7.00. The summed E-state index contributed by atoms with van der Waals surface area (Å²) in [6, 6.07) is 4.03. The molecule has 1 aromatic rings. The normalized spacial score (nSPS) is 11.4. The van der Waals surface area contributed by atoms with Crippen LogP contribution in [0.15, 0.2) is 17.5 Å². The monoisotopic (exact) mass is 243 g/mol. The first-order valence-electron chi connectivity index (χ1n) is 4.90. The van der Waals surface area contributed by atoms with Gasteiger partial charge in [0.2, 0.25) is 5.91 Å². The van der Waals surface area contributed by atoms with E-state index in [2.05, 4.69) is 26.1 Å². The molecule has 0 aromatic carbocycles. The van der Waals surface area contributed by atoms with E-state index in [1.807, 2.05) is 17.5 Å². The van der Waals surface area contributed by atoms with Gasteiger partial charge in [-0.1, -0.05) is 26.8 Å². The summed E-state index contributed by atoms with van der Waals surface area (Å²) in [5.74, 6) is 0.651. The average Bonchev–Trinajstić information content (AvgIpc) is 2.62. The van der Waals surface area contributed by atoms with E-state index in [9.17, 15) is 4.79 Å². The van der Waals surface area contributed by atoms with E-state index < -0.39 is 0 Å². The molecule has 0 aliphatic carbocycles. The van der Waals surface area contributed by atoms with Crippen LogP contribution >= 0.6 is 23.1 Å². The first kappa shape index (κ1) is 12.6. The minimum absolute atomic E-state index is 0.114. The lowest BCUT2D eigenvalue weighted by Crippen LogP contribution is -2.26. The molecule has 1 N–H and O–H groups in total. The molecular formula is C11H17NOS2. The lowest BCUT2D eigenvalue weighted by molar-refractivity contribution is -0.118. The Labute approximate surface area is 99.5 Å². The summed E-state index contributed by atoms with van der Waals surface area (Å²) >= 11 is 3.34. The van der Waals surface area contributed by atoms with Crippen LogP contribution in [0.3, 0.4) is 0 Å². The second kappa shape index (κ2) is 5.56. The third kappa shape index (κ3) is 5.85. The van der Waals surface area contributed by atoms with Gasteiger partial charge in [0.1, 0.15) is 0 Å². The van der Waals surface area contributed by atoms with Crippen molar-refractivity contribution in [2.45, 2.75) is 32.1 Å². The maximum atomic E-state index is 11.5. The fourth-order valence-electron chi connectivity index (χ4n) is 0.932. The third-order valence-corrected chi connectivity index (χ3v) is 3.83. The molecule has 4 heteroatoms. The first-order valence-corrected chi connectivity index (χ1v) is 6.77. The van der Waals surface area contributed by atoms with Crippen molar-refractivity contribution in [1.82, 2.24) is 5.32 Å². The van der Waals surface area contributed by atoms with Crippen molar-refractivity contribution in [3.63, 3.8) is 0 Å². The van der Waals surface area contributed by atoms with Gasteiger partial charge in [0.15, 0.2) is 0 Å². The van der Waals surface area contributed by atoms with Crippen molar-refractivity contribution in [1.29, 1.82) is 0 Å². The van der Waals surface area contributed by atoms with Crippen molar-refractivity contribution >= 4 is 29.0 Å². The molecule has 1 rings (SSSR count). The lowest BCUT2D eigenvalue weighted by Gasteiger charge is -2.16. The molecule has 1 amide bonds. The standard InChI is InChI=1S/C11H17NOS2/c1-11(2,3)15-8-10(13)12-7-9-5-4-6-14-9/h4-6H,7-8H2,1-3H3,(H,12,13). The number of hydrogen-bond donors (Lipinski definition) is 1. The van der Waals surface area contributed by atoms with Gasteiger partial charge in [-0.2, -0.15) is 0 Å². The Hall–Kier alpha value is -0.480. The molecule has 0 radical (unpaired) electrons. The van der Waals surface area contributed by atoms with Crippen LogP contribution in [-0.2, 0) is 11.3 Å². The van der Waals surface area contributed by atoms with Crippen molar-refractivity contribution < 1.29 is 4.79 Å². The molecular weight excluding hydrogens is 226 g/mol. The van der Waals surface area contributed by atoms with Crippen LogP contribution in [0.25, 0.3) is 0 Å². The molecule has 0 saturated carbocycles. The topological polar surface area (TPSA) is 29.1 Å². The highest BCUT2D eigenvalue weighted by Gasteiger charge is 2.12. The smallest absolute Gasteiger partial charge is 0.230 e. The molecule has 84 valence electrons. The molecule has 0 aliphatic rings. The van der Waals surface area contributed by atoms with Crippen LogP contribution in [0, 0.1) is 0 Å². The number of thiophene rings is 1. The molecule has 0 spiro atoms. The van der Waals surface area contributed by atoms with Gasteiger partial charge in [0.25, 0.3) is 0 Å². The molecule has 0 aliphatic heterocycles. The Bertz CT molecular complexity index is 301. The number of rotatable bonds is 4. The highest BCUT2D eigenvalue weighted by atomic mass is 32.2. The maximum Gasteiger partial charge on any atom is 0.230 e. The maximum absolute atomic E-state index is 11.5. The van der Waals surface area contributed by atoms with Crippen molar-refractivity contribution in [3.05, 3.63) is 22.4 Å². The van der Waals surface area contributed by atoms with Crippen molar-refractivity contribution in [2.24, 2.45) is 0 Å². The highest BCUT2D eigenvalue weighted by Crippen LogP contribution is 2.22. The van der Waals surface area contributed by atoms with Gasteiger partial charge in [-0.15, -0.1) is 23.1 Å². The highest BCUT2D eigenvalue weighted by molar-refractivity contribution is 8.01. The molecule has 0 fully saturated rings. The number of carbonyl (C=O) groups is 1. The summed E-state index contributed by atoms with van der Waals surface area (Å²) in [5.41, 5.74) is 0. The quantitative estimate of drug-likeness (QED) is 0.881. The minimum atomic E-state index is 0.114. The van der Waals surface area contributed by atoms with Crippen LogP contribution in [-0.4, -0.2) is 16.4 Å². The van der Waals surface area contributed by atoms with Gasteiger partial charge in [-0.3, -0.25) is 4.79 Å². The predicted molar refractivity (Wildman–Crippen MR) is 68.4 cm³/mol. The zero-order valence-electron chi connectivity index (χ0n) is 9.37. The van der Waals surface area contributed by atoms with Gasteiger partial charge < -0.3 is 5.32 Å². The average molecular weight is 243 g/mol. The van der Waals surface area contributed by atoms with Crippen LogP contribution in [0.5, 0.6) is 0 Å². The van der Waals surface area contributed by atoms with Gasteiger partial charge in [0.05, 0.1) is 12.3 Å². The number of hydrogen-bond acceptors (Lipinski definition) is 3. The zero-order valence-corrected chi connectivity index (χ0v) is 11.0. The van der Waals surface area contributed by atoms with Crippen LogP contribution in [0.4, 0.5) is 0 Å². The summed E-state index contributed by atoms with van der Waals surface area (Å²) in [5, 5.41) is 4.93. The van der Waals surface area contributed by atoms with E-state index in [4.69, 9.17) is 0 Å². The van der Waals surface area contributed by atoms with E-state index in [-0.39, 0.29) is 10.7 Å². The van der Waals surface area contributed by atoms with E-state index in [1.54, 1.807) is 23.1 Å². The fourth-order valence-corrected chi connectivity index (χ4v) is 2.24. The minimum Gasteiger partial charge on any atom is -0.350 e. The predicted octanol–water partition coefficient (Wildman–Crippen LogP) is 2.90. The Morgan fingerprint density at radius 2 is 2.27 bits per heavy atom. The van der Waals surface area contributed by atoms with Gasteiger partial charge in [-0.05, 0) is 11.4 Å². The van der Waals surface area contributed by atoms with Crippen LogP contribution in [0.2, 0.25) is 0 Å². The molecule has 0 unspecified atom stereocenters. The number of amides is 1. The molecule has 15 heavy (non-hydrogen) atoms. The third-order valence-electron chi connectivity index (χ3n) is 1.68. The molecule has 0 bridgehead atoms. The second-order valence-electron chi connectivity index (χ2n) is 4.26. The Kier molecular flexibility index (Phi) is 4.67. The van der Waals surface area contributed by atoms with Gasteiger partial charge in [0, 0.05) is 9.62 Å². The SMILES string of the molecule is CC(C)(C)SCC(=O)NCc1cccs1. The Morgan fingerprint density at radius 3 is 2.80 bits per heavy atom. The first-order chi connectivity index (χ1) is 6.97. The molecule has 1 heterocycles. The van der Waals surface area contributed by atoms with E-state index in [0.717, 1.165) is 0 Å². The number of thioether (sulfide) groups is 1. The van der Waals surface area contributed by atoms with E-state index in [1.165, 1.54) is 4.88 Å². The van der Waals surface area contributed by atoms with Crippen molar-refractivity contribution in [2.75, 3.05) is 5.75 Å². The molecule has 0 saturated heterocycles. The summed E-state index contributed by atoms with van der Waals surface area (Å²) in [6.07, 6.45) is 0. The molecule has 0 atom stereocenters. The van der Waals surface area contributed by atoms with E-state index >= 15 is 0 Å². The van der Waals surface area contributed by atoms with Crippen molar-refractivity contribution in [3.8, 4) is 0 Å². The molecule has 2 nitrogen and oxygen atoms in total. The fraction of sp³-hybridized carbons (Fsp3) is 0.545. The van der Waals surface area contributed by atoms with Gasteiger partial charge >= 0.3 is 0 Å². The number of nitrogens with one attached hydrogen (secondary N) is 1. The zero-order chi connectivity index (χ0) is 11.3. The summed E-state index contributed by atoms with van der Waals surface area (Å²) in [7, 11) is 0. The van der Waals surface area contributed by atoms with Crippen LogP contribution < -0.4 is 5.32 Å². The van der Waals surface area contributed by atoms with Crippen LogP contribution in [0.1, 0.15) is 25.6 Å². The number of carbonyl (C=O) groups excluding carboxylic acids is 1. The Morgan fingerprint density at radius 1 is 1.53 bits per heavy atom. The summed E-state index contributed by atoms with van der Waals surface area (Å²) < 4.78 is 0.153.